The summed E-state index contributed by atoms with van der Waals surface area (Å²) in [6, 6.07) is 9.80. The van der Waals surface area contributed by atoms with Crippen LogP contribution in [0.4, 0.5) is 0 Å². The lowest BCUT2D eigenvalue weighted by molar-refractivity contribution is -0.221. The molecule has 6 heteroatoms. The number of aliphatic hydroxyl groups is 2. The number of carbonyl (C=O) groups is 2. The Bertz CT molecular complexity index is 1000. The third-order valence-electron chi connectivity index (χ3n) is 10.1. The van der Waals surface area contributed by atoms with Crippen molar-refractivity contribution in [2.45, 2.75) is 77.1 Å². The summed E-state index contributed by atoms with van der Waals surface area (Å²) in [6.45, 7) is 4.05. The van der Waals surface area contributed by atoms with E-state index in [4.69, 9.17) is 9.47 Å². The van der Waals surface area contributed by atoms with Gasteiger partial charge in [0.1, 0.15) is 19.0 Å². The number of carbonyl (C=O) groups excluding carboxylic acids is 2. The Hall–Kier alpha value is -1.86. The van der Waals surface area contributed by atoms with E-state index in [0.717, 1.165) is 31.2 Å². The molecule has 6 nitrogen and oxygen atoms in total. The molecule has 0 heterocycles. The summed E-state index contributed by atoms with van der Waals surface area (Å²) < 4.78 is 12.1. The second-order valence-electron chi connectivity index (χ2n) is 11.6. The number of ketones is 2. The molecule has 3 fully saturated rings. The molecule has 2 N–H and O–H groups in total. The molecule has 1 aromatic carbocycles. The Balaban J connectivity index is 1.39. The van der Waals surface area contributed by atoms with Crippen LogP contribution in [-0.4, -0.2) is 46.9 Å². The normalized spacial score (nSPS) is 40.5. The van der Waals surface area contributed by atoms with E-state index in [0.29, 0.717) is 25.9 Å². The van der Waals surface area contributed by atoms with Gasteiger partial charge in [0.25, 0.3) is 0 Å². The first-order valence-corrected chi connectivity index (χ1v) is 13.1. The fourth-order valence-corrected chi connectivity index (χ4v) is 8.45. The van der Waals surface area contributed by atoms with Crippen LogP contribution in [0.2, 0.25) is 0 Å². The molecule has 0 aromatic heterocycles. The molecule has 0 bridgehead atoms. The predicted octanol–water partition coefficient (Wildman–Crippen LogP) is 3.98. The maximum absolute atomic E-state index is 13.3. The third-order valence-corrected chi connectivity index (χ3v) is 10.1. The zero-order valence-electron chi connectivity index (χ0n) is 20.9. The van der Waals surface area contributed by atoms with Crippen LogP contribution < -0.4 is 0 Å². The molecule has 7 atom stereocenters. The lowest BCUT2D eigenvalue weighted by Gasteiger charge is -2.61. The summed E-state index contributed by atoms with van der Waals surface area (Å²) in [5.74, 6) is 0.409. The highest BCUT2D eigenvalue weighted by Gasteiger charge is 2.69. The maximum atomic E-state index is 13.3. The lowest BCUT2D eigenvalue weighted by Crippen LogP contribution is -2.63. The molecule has 0 unspecified atom stereocenters. The summed E-state index contributed by atoms with van der Waals surface area (Å²) in [6.07, 6.45) is 6.12. The molecule has 4 aliphatic carbocycles. The summed E-state index contributed by atoms with van der Waals surface area (Å²) in [7, 11) is 0. The van der Waals surface area contributed by atoms with E-state index in [1.165, 1.54) is 5.57 Å². The van der Waals surface area contributed by atoms with Crippen LogP contribution in [-0.2, 0) is 25.7 Å². The van der Waals surface area contributed by atoms with Gasteiger partial charge in [0, 0.05) is 11.8 Å². The molecular weight excluding hydrogens is 444 g/mol. The van der Waals surface area contributed by atoms with Gasteiger partial charge < -0.3 is 19.7 Å². The fraction of sp³-hybridized carbons (Fsp3) is 0.655. The average Bonchev–Trinajstić information content (AvgIpc) is 3.14. The van der Waals surface area contributed by atoms with Gasteiger partial charge >= 0.3 is 0 Å². The van der Waals surface area contributed by atoms with Gasteiger partial charge in [-0.05, 0) is 73.3 Å². The molecule has 0 radical (unpaired) electrons. The summed E-state index contributed by atoms with van der Waals surface area (Å²) >= 11 is 0. The number of rotatable bonds is 7. The van der Waals surface area contributed by atoms with Crippen molar-refractivity contribution in [3.8, 4) is 0 Å². The Morgan fingerprint density at radius 3 is 2.63 bits per heavy atom. The van der Waals surface area contributed by atoms with Crippen molar-refractivity contribution in [1.29, 1.82) is 0 Å². The molecule has 190 valence electrons. The zero-order valence-corrected chi connectivity index (χ0v) is 20.9. The second kappa shape index (κ2) is 9.22. The Labute approximate surface area is 207 Å². The fourth-order valence-electron chi connectivity index (χ4n) is 8.45. The van der Waals surface area contributed by atoms with Crippen LogP contribution >= 0.6 is 0 Å². The second-order valence-corrected chi connectivity index (χ2v) is 11.6. The van der Waals surface area contributed by atoms with Crippen molar-refractivity contribution in [3.63, 3.8) is 0 Å². The number of allylic oxidation sites excluding steroid dienone is 1. The first kappa shape index (κ1) is 24.8. The van der Waals surface area contributed by atoms with Crippen molar-refractivity contribution in [2.24, 2.45) is 28.6 Å². The third kappa shape index (κ3) is 3.85. The predicted molar refractivity (Wildman–Crippen MR) is 130 cm³/mol. The topological polar surface area (TPSA) is 93.1 Å². The summed E-state index contributed by atoms with van der Waals surface area (Å²) in [4.78, 5) is 25.4. The molecular formula is C29H38O6. The monoisotopic (exact) mass is 482 g/mol. The molecule has 3 saturated carbocycles. The molecule has 1 aromatic rings. The van der Waals surface area contributed by atoms with E-state index < -0.39 is 23.7 Å². The van der Waals surface area contributed by atoms with Crippen LogP contribution in [0.1, 0.15) is 64.4 Å². The number of aliphatic hydroxyl groups excluding tert-OH is 2. The van der Waals surface area contributed by atoms with E-state index in [1.54, 1.807) is 0 Å². The standard InChI is InChI=1S/C29H38O6/c1-27-12-10-21(31)14-20(27)8-9-22-23-11-13-29(25(33)16-30,28(23,2)15-24(32)26(22)27)35-18-34-17-19-6-4-3-5-7-19/h3-7,14,22-24,26,30,32H,8-13,15-18H2,1-2H3/t22-,23-,24-,26+,27-,28-,29-/m0/s1. The highest BCUT2D eigenvalue weighted by Crippen LogP contribution is 2.68. The highest BCUT2D eigenvalue weighted by atomic mass is 16.7. The molecule has 0 saturated heterocycles. The molecule has 0 spiro atoms. The van der Waals surface area contributed by atoms with Crippen molar-refractivity contribution in [3.05, 3.63) is 47.5 Å². The molecule has 4 aliphatic rings. The van der Waals surface area contributed by atoms with E-state index in [-0.39, 0.29) is 41.5 Å². The van der Waals surface area contributed by atoms with Crippen molar-refractivity contribution < 1.29 is 29.3 Å². The smallest absolute Gasteiger partial charge is 0.190 e. The van der Waals surface area contributed by atoms with Crippen molar-refractivity contribution in [2.75, 3.05) is 13.4 Å². The van der Waals surface area contributed by atoms with Crippen LogP contribution in [0.5, 0.6) is 0 Å². The molecule has 5 rings (SSSR count). The highest BCUT2D eigenvalue weighted by molar-refractivity contribution is 5.92. The van der Waals surface area contributed by atoms with Crippen LogP contribution in [0, 0.1) is 28.6 Å². The summed E-state index contributed by atoms with van der Waals surface area (Å²) in [5, 5.41) is 21.6. The van der Waals surface area contributed by atoms with E-state index >= 15 is 0 Å². The van der Waals surface area contributed by atoms with Crippen LogP contribution in [0.3, 0.4) is 0 Å². The van der Waals surface area contributed by atoms with E-state index in [9.17, 15) is 19.8 Å². The minimum absolute atomic E-state index is 0.0418. The van der Waals surface area contributed by atoms with Gasteiger partial charge in [0.05, 0.1) is 12.7 Å². The van der Waals surface area contributed by atoms with E-state index in [2.05, 4.69) is 13.8 Å². The minimum atomic E-state index is -1.17. The van der Waals surface area contributed by atoms with Gasteiger partial charge in [0.2, 0.25) is 0 Å². The number of hydrogen-bond acceptors (Lipinski definition) is 6. The Kier molecular flexibility index (Phi) is 6.54. The van der Waals surface area contributed by atoms with Gasteiger partial charge in [-0.2, -0.15) is 0 Å². The van der Waals surface area contributed by atoms with Gasteiger partial charge in [-0.25, -0.2) is 0 Å². The molecule has 0 amide bonds. The SMILES string of the molecule is C[C@]12CCC(=O)C=C1CC[C@@H]1[C@@H]2[C@@H](O)C[C@@]2(C)[C@H]1CC[C@]2(OCOCc1ccccc1)C(=O)CO. The maximum Gasteiger partial charge on any atom is 0.190 e. The quantitative estimate of drug-likeness (QED) is 0.451. The number of Topliss-reactive ketones (excluding diaryl/α,β-unsaturated/α-hetero) is 1. The largest absolute Gasteiger partial charge is 0.393 e. The average molecular weight is 483 g/mol. The van der Waals surface area contributed by atoms with Crippen molar-refractivity contribution in [1.82, 2.24) is 0 Å². The number of hydrogen-bond donors (Lipinski definition) is 2. The molecule has 0 aliphatic heterocycles. The first-order chi connectivity index (χ1) is 16.7. The van der Waals surface area contributed by atoms with Gasteiger partial charge in [-0.3, -0.25) is 9.59 Å². The molecule has 35 heavy (non-hydrogen) atoms. The Morgan fingerprint density at radius 2 is 1.89 bits per heavy atom. The van der Waals surface area contributed by atoms with Gasteiger partial charge in [-0.1, -0.05) is 49.8 Å². The minimum Gasteiger partial charge on any atom is -0.393 e. The first-order valence-electron chi connectivity index (χ1n) is 13.1. The van der Waals surface area contributed by atoms with Crippen LogP contribution in [0.25, 0.3) is 0 Å². The van der Waals surface area contributed by atoms with Gasteiger partial charge in [0.15, 0.2) is 11.6 Å². The van der Waals surface area contributed by atoms with Gasteiger partial charge in [-0.15, -0.1) is 0 Å². The zero-order chi connectivity index (χ0) is 24.8. The van der Waals surface area contributed by atoms with E-state index in [1.807, 2.05) is 36.4 Å². The number of benzene rings is 1. The Morgan fingerprint density at radius 1 is 1.11 bits per heavy atom. The number of ether oxygens (including phenoxy) is 2. The van der Waals surface area contributed by atoms with Crippen LogP contribution in [0.15, 0.2) is 42.0 Å². The number of fused-ring (bicyclic) bond motifs is 5. The summed E-state index contributed by atoms with van der Waals surface area (Å²) in [5.41, 5.74) is 0.276. The van der Waals surface area contributed by atoms with Crippen molar-refractivity contribution >= 4 is 11.6 Å². The lowest BCUT2D eigenvalue weighted by atomic mass is 9.45.